The van der Waals surface area contributed by atoms with Crippen LogP contribution >= 0.6 is 56.9 Å². The first-order valence-electron chi connectivity index (χ1n) is 16.0. The zero-order valence-electron chi connectivity index (χ0n) is 27.8. The standard InChI is InChI=1S/2C10H14N2OS.C9H12N2OS.C5H3ClOS/c2*1-11-4-6-12(7-5-11)10(13)9-3-2-8-14-9;12-9(8-2-1-7-13-8)11-5-3-10-4-6-11;6-5(7)4-2-1-3-8-4/h2*2-3,8H,4-7H2,1H3;1-2,7,10H,3-6H2;1-3H. The number of hydrogen-bond acceptors (Lipinski definition) is 11. The van der Waals surface area contributed by atoms with Crippen LogP contribution in [-0.2, 0) is 0 Å². The minimum Gasteiger partial charge on any atom is -0.335 e. The second kappa shape index (κ2) is 20.7. The molecule has 4 aromatic rings. The monoisotopic (exact) mass is 762 g/mol. The number of amides is 3. The largest absolute Gasteiger partial charge is 0.335 e. The van der Waals surface area contributed by atoms with Crippen molar-refractivity contribution in [3.05, 3.63) is 89.6 Å². The molecule has 264 valence electrons. The molecule has 0 atom stereocenters. The minimum absolute atomic E-state index is 0.177. The lowest BCUT2D eigenvalue weighted by molar-refractivity contribution is 0.0662. The van der Waals surface area contributed by atoms with E-state index in [-0.39, 0.29) is 23.0 Å². The smallest absolute Gasteiger partial charge is 0.264 e. The van der Waals surface area contributed by atoms with E-state index in [1.165, 1.54) is 45.3 Å². The van der Waals surface area contributed by atoms with Crippen LogP contribution in [0.1, 0.15) is 38.7 Å². The Morgan fingerprint density at radius 3 is 1.08 bits per heavy atom. The molecule has 1 N–H and O–H groups in total. The Bertz CT molecular complexity index is 1460. The molecule has 3 fully saturated rings. The first-order valence-corrected chi connectivity index (χ1v) is 19.9. The second-order valence-electron chi connectivity index (χ2n) is 11.4. The molecule has 0 bridgehead atoms. The third kappa shape index (κ3) is 12.7. The molecule has 3 amide bonds. The fourth-order valence-electron chi connectivity index (χ4n) is 4.95. The summed E-state index contributed by atoms with van der Waals surface area (Å²) < 4.78 is 0. The molecule has 49 heavy (non-hydrogen) atoms. The van der Waals surface area contributed by atoms with Gasteiger partial charge in [-0.1, -0.05) is 24.3 Å². The Morgan fingerprint density at radius 1 is 0.510 bits per heavy atom. The Balaban J connectivity index is 0.000000150. The van der Waals surface area contributed by atoms with Crippen molar-refractivity contribution in [2.45, 2.75) is 0 Å². The number of nitrogens with zero attached hydrogens (tertiary/aromatic N) is 5. The van der Waals surface area contributed by atoms with Gasteiger partial charge in [0.1, 0.15) is 0 Å². The summed E-state index contributed by atoms with van der Waals surface area (Å²) in [6, 6.07) is 14.9. The van der Waals surface area contributed by atoms with Crippen LogP contribution in [0.4, 0.5) is 0 Å². The van der Waals surface area contributed by atoms with Crippen molar-refractivity contribution >= 4 is 79.9 Å². The average Bonchev–Trinajstić information content (AvgIpc) is 3.97. The summed E-state index contributed by atoms with van der Waals surface area (Å²) >= 11 is 11.0. The Hall–Kier alpha value is -2.95. The van der Waals surface area contributed by atoms with Gasteiger partial charge in [-0.15, -0.1) is 45.3 Å². The SMILES string of the molecule is CN1CCN(C(=O)c2cccs2)CC1.CN1CCN(C(=O)c2cccs2)CC1.O=C(Cl)c1cccs1.O=C(c1cccs1)N1CCNCC1. The van der Waals surface area contributed by atoms with E-state index in [9.17, 15) is 19.2 Å². The minimum atomic E-state index is -0.375. The van der Waals surface area contributed by atoms with E-state index in [1.54, 1.807) is 12.1 Å². The van der Waals surface area contributed by atoms with E-state index in [4.69, 9.17) is 11.6 Å². The highest BCUT2D eigenvalue weighted by molar-refractivity contribution is 7.14. The van der Waals surface area contributed by atoms with E-state index in [0.717, 1.165) is 93.2 Å². The summed E-state index contributed by atoms with van der Waals surface area (Å²) in [4.78, 5) is 59.3. The highest BCUT2D eigenvalue weighted by Gasteiger charge is 2.22. The van der Waals surface area contributed by atoms with E-state index < -0.39 is 0 Å². The third-order valence-electron chi connectivity index (χ3n) is 7.90. The molecule has 7 rings (SSSR count). The van der Waals surface area contributed by atoms with Gasteiger partial charge in [0.2, 0.25) is 0 Å². The summed E-state index contributed by atoms with van der Waals surface area (Å²) in [5, 5.41) is 10.5. The van der Waals surface area contributed by atoms with Crippen molar-refractivity contribution < 1.29 is 19.2 Å². The normalized spacial score (nSPS) is 16.7. The summed E-state index contributed by atoms with van der Waals surface area (Å²) in [5.74, 6) is 0.553. The molecule has 0 saturated carbocycles. The summed E-state index contributed by atoms with van der Waals surface area (Å²) in [5.41, 5.74) is 0. The van der Waals surface area contributed by atoms with Gasteiger partial charge in [-0.25, -0.2) is 0 Å². The number of piperazine rings is 3. The number of halogens is 1. The maximum absolute atomic E-state index is 11.9. The van der Waals surface area contributed by atoms with Gasteiger partial charge in [-0.2, -0.15) is 0 Å². The quantitative estimate of drug-likeness (QED) is 0.286. The topological polar surface area (TPSA) is 96.5 Å². The van der Waals surface area contributed by atoms with Crippen LogP contribution in [-0.4, -0.2) is 140 Å². The molecule has 7 heterocycles. The maximum Gasteiger partial charge on any atom is 0.264 e. The van der Waals surface area contributed by atoms with Crippen molar-refractivity contribution in [2.24, 2.45) is 0 Å². The van der Waals surface area contributed by atoms with Crippen molar-refractivity contribution in [1.82, 2.24) is 29.8 Å². The van der Waals surface area contributed by atoms with E-state index >= 15 is 0 Å². The number of rotatable bonds is 4. The Kier molecular flexibility index (Phi) is 16.4. The van der Waals surface area contributed by atoms with Crippen molar-refractivity contribution in [3.63, 3.8) is 0 Å². The first kappa shape index (κ1) is 38.8. The lowest BCUT2D eigenvalue weighted by Crippen LogP contribution is -2.46. The lowest BCUT2D eigenvalue weighted by atomic mass is 10.3. The zero-order chi connectivity index (χ0) is 35.0. The van der Waals surface area contributed by atoms with Gasteiger partial charge < -0.3 is 29.8 Å². The zero-order valence-corrected chi connectivity index (χ0v) is 31.8. The average molecular weight is 763 g/mol. The molecule has 3 saturated heterocycles. The van der Waals surface area contributed by atoms with E-state index in [1.807, 2.05) is 72.6 Å². The predicted octanol–water partition coefficient (Wildman–Crippen LogP) is 5.19. The highest BCUT2D eigenvalue weighted by Crippen LogP contribution is 2.15. The third-order valence-corrected chi connectivity index (χ3v) is 11.7. The molecule has 4 aromatic heterocycles. The van der Waals surface area contributed by atoms with Crippen LogP contribution < -0.4 is 5.32 Å². The second-order valence-corrected chi connectivity index (χ2v) is 15.6. The van der Waals surface area contributed by atoms with Gasteiger partial charge in [0.25, 0.3) is 23.0 Å². The maximum atomic E-state index is 11.9. The van der Waals surface area contributed by atoms with Gasteiger partial charge in [0.05, 0.1) is 19.5 Å². The van der Waals surface area contributed by atoms with E-state index in [2.05, 4.69) is 29.2 Å². The molecule has 0 aromatic carbocycles. The molecule has 0 unspecified atom stereocenters. The first-order chi connectivity index (χ1) is 23.7. The molecular formula is C34H43ClN6O4S4. The molecule has 0 spiro atoms. The molecule has 3 aliphatic heterocycles. The molecule has 0 radical (unpaired) electrons. The van der Waals surface area contributed by atoms with Gasteiger partial charge in [0.15, 0.2) is 0 Å². The summed E-state index contributed by atoms with van der Waals surface area (Å²) in [7, 11) is 4.18. The van der Waals surface area contributed by atoms with Crippen LogP contribution in [0.15, 0.2) is 70.1 Å². The number of likely N-dealkylation sites (N-methyl/N-ethyl adjacent to an activating group) is 2. The van der Waals surface area contributed by atoms with Crippen molar-refractivity contribution in [2.75, 3.05) is 92.6 Å². The Labute approximate surface area is 309 Å². The number of thiophene rings is 4. The molecular weight excluding hydrogens is 720 g/mol. The van der Waals surface area contributed by atoms with Crippen LogP contribution in [0, 0.1) is 0 Å². The fraction of sp³-hybridized carbons (Fsp3) is 0.412. The predicted molar refractivity (Wildman–Crippen MR) is 203 cm³/mol. The van der Waals surface area contributed by atoms with Gasteiger partial charge in [-0.3, -0.25) is 19.2 Å². The Morgan fingerprint density at radius 2 is 0.816 bits per heavy atom. The number of carbonyl (C=O) groups excluding carboxylic acids is 4. The van der Waals surface area contributed by atoms with Gasteiger partial charge in [0, 0.05) is 78.5 Å². The summed E-state index contributed by atoms with van der Waals surface area (Å²) in [6.07, 6.45) is 0. The highest BCUT2D eigenvalue weighted by atomic mass is 35.5. The molecule has 0 aliphatic carbocycles. The van der Waals surface area contributed by atoms with Crippen LogP contribution in [0.5, 0.6) is 0 Å². The lowest BCUT2D eigenvalue weighted by Gasteiger charge is -2.32. The van der Waals surface area contributed by atoms with Gasteiger partial charge in [-0.05, 0) is 71.5 Å². The fourth-order valence-corrected chi connectivity index (χ4v) is 7.77. The molecule has 15 heteroatoms. The number of hydrogen-bond donors (Lipinski definition) is 1. The molecule has 10 nitrogen and oxygen atoms in total. The van der Waals surface area contributed by atoms with Crippen LogP contribution in [0.2, 0.25) is 0 Å². The number of nitrogens with one attached hydrogen (secondary N) is 1. The van der Waals surface area contributed by atoms with Crippen LogP contribution in [0.25, 0.3) is 0 Å². The van der Waals surface area contributed by atoms with Crippen LogP contribution in [0.3, 0.4) is 0 Å². The summed E-state index contributed by atoms with van der Waals surface area (Å²) in [6.45, 7) is 10.8. The van der Waals surface area contributed by atoms with Crippen molar-refractivity contribution in [3.8, 4) is 0 Å². The van der Waals surface area contributed by atoms with Gasteiger partial charge >= 0.3 is 0 Å². The van der Waals surface area contributed by atoms with E-state index in [0.29, 0.717) is 4.88 Å². The molecule has 3 aliphatic rings. The van der Waals surface area contributed by atoms with Crippen molar-refractivity contribution in [1.29, 1.82) is 0 Å². The number of carbonyl (C=O) groups is 4.